The number of likely N-dealkylation sites (N-methyl/N-ethyl adjacent to an activating group) is 2. The molecule has 4 rings (SSSR count). The molecule has 0 bridgehead atoms. The zero-order chi connectivity index (χ0) is 27.6. The summed E-state index contributed by atoms with van der Waals surface area (Å²) in [6.07, 6.45) is 0.360. The van der Waals surface area contributed by atoms with Crippen molar-refractivity contribution in [3.05, 3.63) is 46.0 Å². The minimum atomic E-state index is -2.69. The number of aliphatic hydroxyl groups excluding tert-OH is 2. The maximum absolute atomic E-state index is 13.9. The van der Waals surface area contributed by atoms with Crippen molar-refractivity contribution in [2.45, 2.75) is 37.1 Å². The van der Waals surface area contributed by atoms with E-state index in [-0.39, 0.29) is 36.3 Å². The summed E-state index contributed by atoms with van der Waals surface area (Å²) in [5, 5.41) is 45.3. The van der Waals surface area contributed by atoms with E-state index in [1.807, 2.05) is 11.9 Å². The van der Waals surface area contributed by atoms with Gasteiger partial charge in [-0.3, -0.25) is 19.3 Å². The monoisotopic (exact) mass is 533 g/mol. The van der Waals surface area contributed by atoms with Crippen LogP contribution in [0.5, 0.6) is 5.75 Å². The Morgan fingerprint density at radius 3 is 2.51 bits per heavy atom. The predicted octanol–water partition coefficient (Wildman–Crippen LogP) is 0.400. The van der Waals surface area contributed by atoms with Crippen LogP contribution in [0.25, 0.3) is 5.76 Å². The summed E-state index contributed by atoms with van der Waals surface area (Å²) in [4.78, 5) is 42.7. The Kier molecular flexibility index (Phi) is 7.02. The molecule has 3 aliphatic rings. The molecule has 10 nitrogen and oxygen atoms in total. The molecule has 2 unspecified atom stereocenters. The topological polar surface area (TPSA) is 165 Å². The van der Waals surface area contributed by atoms with Crippen molar-refractivity contribution < 1.29 is 34.8 Å². The van der Waals surface area contributed by atoms with Crippen molar-refractivity contribution in [1.82, 2.24) is 9.80 Å². The third kappa shape index (κ3) is 3.98. The molecular formula is C26H32ClN3O7. The zero-order valence-electron chi connectivity index (χ0n) is 20.9. The number of aromatic hydroxyl groups is 1. The number of Topliss-reactive ketones (excluding diaryl/α,β-unsaturated/α-hetero) is 2. The smallest absolute Gasteiger partial charge is 0.230 e. The van der Waals surface area contributed by atoms with E-state index in [0.29, 0.717) is 22.7 Å². The van der Waals surface area contributed by atoms with Gasteiger partial charge in [-0.2, -0.15) is 0 Å². The number of carbonyl (C=O) groups is 3. The first-order chi connectivity index (χ1) is 17.3. The lowest BCUT2D eigenvalue weighted by molar-refractivity contribution is -0.184. The van der Waals surface area contributed by atoms with E-state index in [1.165, 1.54) is 0 Å². The van der Waals surface area contributed by atoms with E-state index >= 15 is 0 Å². The van der Waals surface area contributed by atoms with Crippen LogP contribution in [0.4, 0.5) is 0 Å². The number of carbonyl (C=O) groups excluding carboxylic acids is 3. The number of rotatable bonds is 6. The highest BCUT2D eigenvalue weighted by Crippen LogP contribution is 2.53. The standard InChI is InChI=1S/C26H32ClN3O7/c1-5-6-30(4)10-12-9-15(27)13-7-11-8-14-19(29(2)3)22(33)18(25(28)36)24(35)26(14,37)23(34)16(11)21(32)17(13)20(12)31/h5,9,11,14,18-19,22,31-33,37H,1,6-8,10H2,2-4H3,(H2,28,36)/t11-,14-,18?,19-,22?,26-/m0/s1. The molecule has 3 aliphatic carbocycles. The molecule has 0 spiro atoms. The molecule has 1 aromatic rings. The number of hydrogen-bond acceptors (Lipinski definition) is 9. The molecule has 1 aromatic carbocycles. The van der Waals surface area contributed by atoms with Gasteiger partial charge in [0.2, 0.25) is 11.7 Å². The van der Waals surface area contributed by atoms with E-state index in [4.69, 9.17) is 17.3 Å². The molecule has 37 heavy (non-hydrogen) atoms. The number of nitrogens with two attached hydrogens (primary N) is 1. The SMILES string of the molecule is C=CCN(C)Cc1cc(Cl)c2c(c1O)C(O)=C1C(=O)[C@]3(O)C(=O)C(C(N)=O)C(O)[C@@H](N(C)C)[C@@H]3C[C@@H]1C2. The number of fused-ring (bicyclic) bond motifs is 3. The van der Waals surface area contributed by atoms with E-state index in [2.05, 4.69) is 6.58 Å². The first-order valence-corrected chi connectivity index (χ1v) is 12.4. The summed E-state index contributed by atoms with van der Waals surface area (Å²) in [6, 6.07) is 0.670. The third-order valence-corrected chi connectivity index (χ3v) is 8.33. The first-order valence-electron chi connectivity index (χ1n) is 12.0. The fraction of sp³-hybridized carbons (Fsp3) is 0.500. The lowest BCUT2D eigenvalue weighted by Crippen LogP contribution is -2.73. The van der Waals surface area contributed by atoms with Crippen LogP contribution in [-0.4, -0.2) is 93.1 Å². The molecule has 6 N–H and O–H groups in total. The molecule has 0 aliphatic heterocycles. The van der Waals surface area contributed by atoms with Crippen LogP contribution in [-0.2, 0) is 27.3 Å². The highest BCUT2D eigenvalue weighted by molar-refractivity contribution is 6.32. The fourth-order valence-electron chi connectivity index (χ4n) is 6.38. The second-order valence-electron chi connectivity index (χ2n) is 10.5. The van der Waals surface area contributed by atoms with Gasteiger partial charge in [0.15, 0.2) is 11.4 Å². The van der Waals surface area contributed by atoms with Crippen molar-refractivity contribution >= 4 is 34.8 Å². The number of ketones is 2. The fourth-order valence-corrected chi connectivity index (χ4v) is 6.68. The van der Waals surface area contributed by atoms with Crippen LogP contribution in [0.3, 0.4) is 0 Å². The summed E-state index contributed by atoms with van der Waals surface area (Å²) in [6.45, 7) is 4.49. The van der Waals surface area contributed by atoms with Crippen molar-refractivity contribution in [2.75, 3.05) is 27.7 Å². The van der Waals surface area contributed by atoms with Gasteiger partial charge in [-0.15, -0.1) is 6.58 Å². The average molecular weight is 534 g/mol. The highest BCUT2D eigenvalue weighted by atomic mass is 35.5. The van der Waals surface area contributed by atoms with E-state index in [1.54, 1.807) is 31.1 Å². The summed E-state index contributed by atoms with van der Waals surface area (Å²) in [5.74, 6) is -7.75. The van der Waals surface area contributed by atoms with Crippen LogP contribution in [0.1, 0.15) is 23.1 Å². The van der Waals surface area contributed by atoms with Crippen LogP contribution in [0, 0.1) is 17.8 Å². The van der Waals surface area contributed by atoms with Gasteiger partial charge >= 0.3 is 0 Å². The number of hydrogen-bond donors (Lipinski definition) is 5. The van der Waals surface area contributed by atoms with Crippen LogP contribution < -0.4 is 5.73 Å². The van der Waals surface area contributed by atoms with E-state index < -0.39 is 58.7 Å². The highest BCUT2D eigenvalue weighted by Gasteiger charge is 2.67. The molecule has 200 valence electrons. The Balaban J connectivity index is 1.88. The number of nitrogens with zero attached hydrogens (tertiary/aromatic N) is 2. The predicted molar refractivity (Wildman–Crippen MR) is 136 cm³/mol. The number of aliphatic hydroxyl groups is 3. The van der Waals surface area contributed by atoms with Crippen molar-refractivity contribution in [3.63, 3.8) is 0 Å². The normalized spacial score (nSPS) is 31.3. The Bertz CT molecular complexity index is 1230. The van der Waals surface area contributed by atoms with Crippen LogP contribution in [0.2, 0.25) is 5.02 Å². The van der Waals surface area contributed by atoms with Crippen molar-refractivity contribution in [1.29, 1.82) is 0 Å². The van der Waals surface area contributed by atoms with Crippen LogP contribution in [0.15, 0.2) is 24.3 Å². The molecule has 0 saturated heterocycles. The molecule has 11 heteroatoms. The van der Waals surface area contributed by atoms with Crippen molar-refractivity contribution in [2.24, 2.45) is 23.5 Å². The Morgan fingerprint density at radius 2 is 1.95 bits per heavy atom. The molecule has 0 radical (unpaired) electrons. The van der Waals surface area contributed by atoms with Gasteiger partial charge in [-0.05, 0) is 51.5 Å². The second kappa shape index (κ2) is 9.52. The molecule has 2 saturated carbocycles. The lowest BCUT2D eigenvalue weighted by atomic mass is 9.54. The molecule has 0 aromatic heterocycles. The largest absolute Gasteiger partial charge is 0.507 e. The van der Waals surface area contributed by atoms with Gasteiger partial charge in [0.25, 0.3) is 0 Å². The van der Waals surface area contributed by atoms with Gasteiger partial charge in [-0.25, -0.2) is 0 Å². The molecule has 1 amide bonds. The number of halogens is 1. The van der Waals surface area contributed by atoms with E-state index in [0.717, 1.165) is 0 Å². The van der Waals surface area contributed by atoms with Crippen molar-refractivity contribution in [3.8, 4) is 5.75 Å². The zero-order valence-corrected chi connectivity index (χ0v) is 21.7. The summed E-state index contributed by atoms with van der Waals surface area (Å²) in [7, 11) is 5.01. The molecule has 2 fully saturated rings. The number of benzene rings is 1. The maximum Gasteiger partial charge on any atom is 0.230 e. The molecular weight excluding hydrogens is 502 g/mol. The third-order valence-electron chi connectivity index (χ3n) is 7.99. The minimum Gasteiger partial charge on any atom is -0.507 e. The van der Waals surface area contributed by atoms with E-state index in [9.17, 15) is 34.8 Å². The number of primary amides is 1. The summed E-state index contributed by atoms with van der Waals surface area (Å²) >= 11 is 6.59. The summed E-state index contributed by atoms with van der Waals surface area (Å²) in [5.41, 5.74) is 3.33. The first kappa shape index (κ1) is 27.3. The second-order valence-corrected chi connectivity index (χ2v) is 10.9. The quantitative estimate of drug-likeness (QED) is 0.257. The number of phenols is 1. The number of amides is 1. The van der Waals surface area contributed by atoms with Gasteiger partial charge in [0.1, 0.15) is 17.4 Å². The Labute approximate surface area is 219 Å². The van der Waals surface area contributed by atoms with Gasteiger partial charge < -0.3 is 31.1 Å². The molecule has 6 atom stereocenters. The van der Waals surface area contributed by atoms with Gasteiger partial charge in [0, 0.05) is 41.2 Å². The molecule has 0 heterocycles. The maximum atomic E-state index is 13.9. The average Bonchev–Trinajstić information content (AvgIpc) is 2.79. The van der Waals surface area contributed by atoms with Crippen LogP contribution >= 0.6 is 11.6 Å². The Hall–Kier alpha value is -2.76. The Morgan fingerprint density at radius 1 is 1.30 bits per heavy atom. The van der Waals surface area contributed by atoms with Gasteiger partial charge in [0.05, 0.1) is 11.7 Å². The number of phenolic OH excluding ortho intramolecular Hbond substituents is 1. The summed E-state index contributed by atoms with van der Waals surface area (Å²) < 4.78 is 0. The minimum absolute atomic E-state index is 0.0185. The van der Waals surface area contributed by atoms with Gasteiger partial charge in [-0.1, -0.05) is 17.7 Å². The lowest BCUT2D eigenvalue weighted by Gasteiger charge is -2.53.